The van der Waals surface area contributed by atoms with Crippen LogP contribution < -0.4 is 10.9 Å². The first-order valence-electron chi connectivity index (χ1n) is 8.07. The number of benzene rings is 1. The lowest BCUT2D eigenvalue weighted by atomic mass is 10.3. The number of thioether (sulfide) groups is 1. The molecule has 25 heavy (non-hydrogen) atoms. The first-order valence-corrected chi connectivity index (χ1v) is 9.06. The summed E-state index contributed by atoms with van der Waals surface area (Å²) in [6.07, 6.45) is 2.22. The van der Waals surface area contributed by atoms with Crippen LogP contribution in [0.15, 0.2) is 58.4 Å². The molecule has 0 atom stereocenters. The third-order valence-electron chi connectivity index (χ3n) is 3.72. The van der Waals surface area contributed by atoms with Crippen LogP contribution in [-0.2, 0) is 10.5 Å². The fraction of sp³-hybridized carbons (Fsp3) is 0.211. The first kappa shape index (κ1) is 17.2. The quantitative estimate of drug-likeness (QED) is 0.711. The van der Waals surface area contributed by atoms with Gasteiger partial charge in [-0.15, -0.1) is 11.8 Å². The number of anilines is 1. The van der Waals surface area contributed by atoms with Gasteiger partial charge in [0.2, 0.25) is 5.91 Å². The van der Waals surface area contributed by atoms with Gasteiger partial charge in [0.1, 0.15) is 5.65 Å². The molecular weight excluding hydrogens is 334 g/mol. The predicted molar refractivity (Wildman–Crippen MR) is 101 cm³/mol. The maximum atomic E-state index is 12.3. The highest BCUT2D eigenvalue weighted by atomic mass is 32.2. The molecule has 5 nitrogen and oxygen atoms in total. The zero-order valence-corrected chi connectivity index (χ0v) is 15.0. The van der Waals surface area contributed by atoms with E-state index >= 15 is 0 Å². The van der Waals surface area contributed by atoms with Crippen molar-refractivity contribution >= 4 is 29.0 Å². The second-order valence-electron chi connectivity index (χ2n) is 5.71. The van der Waals surface area contributed by atoms with E-state index in [1.54, 1.807) is 28.4 Å². The van der Waals surface area contributed by atoms with E-state index < -0.39 is 0 Å². The van der Waals surface area contributed by atoms with Gasteiger partial charge in [0.15, 0.2) is 0 Å². The number of hydrogen-bond donors (Lipinski definition) is 1. The normalized spacial score (nSPS) is 10.8. The number of hydrogen-bond acceptors (Lipinski definition) is 4. The minimum Gasteiger partial charge on any atom is -0.325 e. The highest BCUT2D eigenvalue weighted by molar-refractivity contribution is 7.98. The number of pyridine rings is 1. The molecule has 0 radical (unpaired) electrons. The minimum atomic E-state index is -0.0862. The Bertz CT molecular complexity index is 982. The van der Waals surface area contributed by atoms with Gasteiger partial charge in [-0.1, -0.05) is 25.1 Å². The van der Waals surface area contributed by atoms with Crippen LogP contribution in [-0.4, -0.2) is 15.3 Å². The van der Waals surface area contributed by atoms with Crippen LogP contribution in [0.4, 0.5) is 5.69 Å². The summed E-state index contributed by atoms with van der Waals surface area (Å²) < 4.78 is 1.55. The number of fused-ring (bicyclic) bond motifs is 1. The summed E-state index contributed by atoms with van der Waals surface area (Å²) >= 11 is 1.55. The third-order valence-corrected chi connectivity index (χ3v) is 4.83. The van der Waals surface area contributed by atoms with Gasteiger partial charge in [0, 0.05) is 29.3 Å². The molecule has 3 rings (SSSR count). The molecule has 3 aromatic rings. The van der Waals surface area contributed by atoms with Crippen molar-refractivity contribution in [3.8, 4) is 0 Å². The van der Waals surface area contributed by atoms with Gasteiger partial charge in [-0.25, -0.2) is 4.98 Å². The maximum absolute atomic E-state index is 12.3. The van der Waals surface area contributed by atoms with Crippen molar-refractivity contribution in [3.63, 3.8) is 0 Å². The summed E-state index contributed by atoms with van der Waals surface area (Å²) in [5, 5.41) is 2.90. The van der Waals surface area contributed by atoms with Crippen LogP contribution in [0, 0.1) is 6.92 Å². The van der Waals surface area contributed by atoms with Crippen LogP contribution >= 0.6 is 11.8 Å². The van der Waals surface area contributed by atoms with E-state index in [1.807, 2.05) is 50.2 Å². The Labute approximate surface area is 150 Å². The number of nitrogens with zero attached hydrogens (tertiary/aromatic N) is 2. The van der Waals surface area contributed by atoms with Crippen LogP contribution in [0.3, 0.4) is 0 Å². The molecule has 0 aliphatic carbocycles. The summed E-state index contributed by atoms with van der Waals surface area (Å²) in [5.41, 5.74) is 3.07. The van der Waals surface area contributed by atoms with Crippen molar-refractivity contribution in [1.82, 2.24) is 9.38 Å². The molecule has 0 saturated heterocycles. The summed E-state index contributed by atoms with van der Waals surface area (Å²) in [6, 6.07) is 13.0. The monoisotopic (exact) mass is 353 g/mol. The molecule has 1 aromatic carbocycles. The molecule has 128 valence electrons. The van der Waals surface area contributed by atoms with Crippen LogP contribution in [0.25, 0.3) is 5.65 Å². The molecule has 0 aliphatic heterocycles. The van der Waals surface area contributed by atoms with Gasteiger partial charge in [0.05, 0.1) is 11.4 Å². The molecule has 2 heterocycles. The molecule has 2 aromatic heterocycles. The van der Waals surface area contributed by atoms with Gasteiger partial charge < -0.3 is 5.32 Å². The first-order chi connectivity index (χ1) is 12.1. The molecule has 0 aliphatic rings. The van der Waals surface area contributed by atoms with Gasteiger partial charge in [-0.05, 0) is 30.7 Å². The molecule has 0 bridgehead atoms. The van der Waals surface area contributed by atoms with E-state index in [0.29, 0.717) is 17.8 Å². The van der Waals surface area contributed by atoms with E-state index in [9.17, 15) is 9.59 Å². The van der Waals surface area contributed by atoms with Crippen LogP contribution in [0.1, 0.15) is 24.6 Å². The van der Waals surface area contributed by atoms with Crippen molar-refractivity contribution in [2.75, 3.05) is 5.32 Å². The molecule has 1 N–H and O–H groups in total. The van der Waals surface area contributed by atoms with E-state index in [1.165, 1.54) is 0 Å². The molecule has 1 amide bonds. The fourth-order valence-electron chi connectivity index (χ4n) is 2.42. The van der Waals surface area contributed by atoms with E-state index in [2.05, 4.69) is 10.3 Å². The van der Waals surface area contributed by atoms with Crippen molar-refractivity contribution in [2.24, 2.45) is 0 Å². The highest BCUT2D eigenvalue weighted by Gasteiger charge is 2.08. The van der Waals surface area contributed by atoms with Gasteiger partial charge >= 0.3 is 0 Å². The van der Waals surface area contributed by atoms with E-state index in [-0.39, 0.29) is 11.5 Å². The van der Waals surface area contributed by atoms with Crippen LogP contribution in [0.2, 0.25) is 0 Å². The van der Waals surface area contributed by atoms with Crippen molar-refractivity contribution in [2.45, 2.75) is 30.9 Å². The number of aryl methyl sites for hydroxylation is 1. The lowest BCUT2D eigenvalue weighted by Gasteiger charge is -2.10. The van der Waals surface area contributed by atoms with Crippen molar-refractivity contribution in [3.05, 3.63) is 70.3 Å². The molecule has 0 saturated carbocycles. The average molecular weight is 353 g/mol. The molecule has 6 heteroatoms. The summed E-state index contributed by atoms with van der Waals surface area (Å²) in [4.78, 5) is 29.4. The molecule has 0 fully saturated rings. The molecule has 0 unspecified atom stereocenters. The highest BCUT2D eigenvalue weighted by Crippen LogP contribution is 2.29. The Morgan fingerprint density at radius 3 is 2.84 bits per heavy atom. The number of amides is 1. The summed E-state index contributed by atoms with van der Waals surface area (Å²) in [6.45, 7) is 3.76. The zero-order valence-electron chi connectivity index (χ0n) is 14.2. The van der Waals surface area contributed by atoms with Gasteiger partial charge in [-0.3, -0.25) is 14.0 Å². The number of carbonyl (C=O) groups excluding carboxylic acids is 1. The zero-order chi connectivity index (χ0) is 17.8. The molecule has 0 spiro atoms. The Hall–Kier alpha value is -2.60. The van der Waals surface area contributed by atoms with E-state index in [0.717, 1.165) is 21.8 Å². The smallest absolute Gasteiger partial charge is 0.258 e. The summed E-state index contributed by atoms with van der Waals surface area (Å²) in [5.74, 6) is 0.532. The number of carbonyl (C=O) groups is 1. The average Bonchev–Trinajstić information content (AvgIpc) is 2.61. The SMILES string of the molecule is CCC(=O)Nc1ccccc1SCc1cc(=O)n2cc(C)ccc2n1. The Kier molecular flexibility index (Phi) is 5.19. The Morgan fingerprint density at radius 2 is 2.04 bits per heavy atom. The minimum absolute atomic E-state index is 0.0227. The van der Waals surface area contributed by atoms with E-state index in [4.69, 9.17) is 0 Å². The Morgan fingerprint density at radius 1 is 1.24 bits per heavy atom. The standard InChI is InChI=1S/C19H19N3O2S/c1-3-18(23)21-15-6-4-5-7-16(15)25-12-14-10-19(24)22-11-13(2)8-9-17(22)20-14/h4-11H,3,12H2,1-2H3,(H,21,23). The van der Waals surface area contributed by atoms with Crippen molar-refractivity contribution < 1.29 is 4.79 Å². The largest absolute Gasteiger partial charge is 0.325 e. The van der Waals surface area contributed by atoms with Gasteiger partial charge in [0.25, 0.3) is 5.56 Å². The Balaban J connectivity index is 1.83. The summed E-state index contributed by atoms with van der Waals surface area (Å²) in [7, 11) is 0. The lowest BCUT2D eigenvalue weighted by Crippen LogP contribution is -2.15. The number of rotatable bonds is 5. The number of aromatic nitrogens is 2. The number of nitrogens with one attached hydrogen (secondary N) is 1. The topological polar surface area (TPSA) is 63.5 Å². The predicted octanol–water partition coefficient (Wildman–Crippen LogP) is 3.64. The third kappa shape index (κ3) is 4.09. The second-order valence-corrected chi connectivity index (χ2v) is 6.72. The number of para-hydroxylation sites is 1. The van der Waals surface area contributed by atoms with Gasteiger partial charge in [-0.2, -0.15) is 0 Å². The second kappa shape index (κ2) is 7.53. The fourth-order valence-corrected chi connectivity index (χ4v) is 3.32. The van der Waals surface area contributed by atoms with Crippen LogP contribution in [0.5, 0.6) is 0 Å². The van der Waals surface area contributed by atoms with Crippen molar-refractivity contribution in [1.29, 1.82) is 0 Å². The lowest BCUT2D eigenvalue weighted by molar-refractivity contribution is -0.115. The maximum Gasteiger partial charge on any atom is 0.258 e. The molecular formula is C19H19N3O2S.